The van der Waals surface area contributed by atoms with Crippen LogP contribution in [0.25, 0.3) is 5.69 Å². The van der Waals surface area contributed by atoms with Crippen LogP contribution < -0.4 is 19.4 Å². The van der Waals surface area contributed by atoms with Crippen molar-refractivity contribution in [2.75, 3.05) is 19.1 Å². The van der Waals surface area contributed by atoms with Gasteiger partial charge in [0, 0.05) is 12.1 Å². The largest absolute Gasteiger partial charge is 0.539 e. The highest BCUT2D eigenvalue weighted by molar-refractivity contribution is 6.22. The first-order chi connectivity index (χ1) is 18.4. The van der Waals surface area contributed by atoms with Crippen LogP contribution in [0.2, 0.25) is 0 Å². The zero-order valence-electron chi connectivity index (χ0n) is 20.7. The number of methoxy groups -OCH3 is 1. The van der Waals surface area contributed by atoms with Crippen molar-refractivity contribution in [3.8, 4) is 17.4 Å². The number of nitrogens with zero attached hydrogens (tertiary/aromatic N) is 6. The summed E-state index contributed by atoms with van der Waals surface area (Å²) in [6.45, 7) is 0.0463. The number of amides is 2. The van der Waals surface area contributed by atoms with Gasteiger partial charge >= 0.3 is 0 Å². The van der Waals surface area contributed by atoms with Crippen LogP contribution in [-0.2, 0) is 16.1 Å². The van der Waals surface area contributed by atoms with Gasteiger partial charge in [-0.05, 0) is 60.3 Å². The zero-order valence-corrected chi connectivity index (χ0v) is 20.7. The molecule has 192 valence electrons. The molecule has 38 heavy (non-hydrogen) atoms. The molecule has 1 aromatic heterocycles. The van der Waals surface area contributed by atoms with E-state index < -0.39 is 12.0 Å². The second kappa shape index (κ2) is 10.6. The van der Waals surface area contributed by atoms with Gasteiger partial charge in [0.1, 0.15) is 5.75 Å². The van der Waals surface area contributed by atoms with E-state index in [0.717, 1.165) is 10.6 Å². The molecule has 2 heterocycles. The maximum Gasteiger partial charge on any atom is 0.254 e. The number of likely N-dealkylation sites (N-methyl/N-ethyl adjacent to an activating group) is 1. The number of carbonyl (C=O) groups excluding carboxylic acids is 2. The summed E-state index contributed by atoms with van der Waals surface area (Å²) in [5.74, 6) is -0.680. The average molecular weight is 513 g/mol. The molecule has 1 aliphatic heterocycles. The van der Waals surface area contributed by atoms with E-state index in [4.69, 9.17) is 9.26 Å². The summed E-state index contributed by atoms with van der Waals surface area (Å²) in [6, 6.07) is 22.2. The lowest BCUT2D eigenvalue weighted by atomic mass is 10.2. The Kier molecular flexibility index (Phi) is 6.92. The third-order valence-electron chi connectivity index (χ3n) is 6.21. The third-order valence-corrected chi connectivity index (χ3v) is 6.21. The first-order valence-electron chi connectivity index (χ1n) is 11.8. The Balaban J connectivity index is 1.30. The Bertz CT molecular complexity index is 1470. The summed E-state index contributed by atoms with van der Waals surface area (Å²) in [4.78, 5) is 28.9. The Hall–Kier alpha value is -4.90. The quantitative estimate of drug-likeness (QED) is 0.201. The molecule has 11 heteroatoms. The van der Waals surface area contributed by atoms with Gasteiger partial charge in [0.25, 0.3) is 11.6 Å². The van der Waals surface area contributed by atoms with Crippen molar-refractivity contribution in [2.45, 2.75) is 19.0 Å². The van der Waals surface area contributed by atoms with Gasteiger partial charge in [-0.3, -0.25) is 14.5 Å². The molecule has 1 aliphatic rings. The van der Waals surface area contributed by atoms with Gasteiger partial charge in [-0.2, -0.15) is 10.2 Å². The van der Waals surface area contributed by atoms with Gasteiger partial charge < -0.3 is 14.4 Å². The zero-order chi connectivity index (χ0) is 26.6. The fraction of sp³-hybridized carbons (Fsp3) is 0.185. The number of anilines is 1. The average Bonchev–Trinajstić information content (AvgIpc) is 3.46. The Labute approximate surface area is 218 Å². The molecule has 11 nitrogen and oxygen atoms in total. The predicted octanol–water partition coefficient (Wildman–Crippen LogP) is 3.21. The van der Waals surface area contributed by atoms with Gasteiger partial charge in [0.05, 0.1) is 48.5 Å². The van der Waals surface area contributed by atoms with Crippen molar-refractivity contribution in [1.82, 2.24) is 10.2 Å². The van der Waals surface area contributed by atoms with E-state index in [9.17, 15) is 14.7 Å². The van der Waals surface area contributed by atoms with Gasteiger partial charge in [-0.25, -0.2) is 4.90 Å². The summed E-state index contributed by atoms with van der Waals surface area (Å²) in [5, 5.41) is 24.6. The maximum absolute atomic E-state index is 13.3. The van der Waals surface area contributed by atoms with Crippen LogP contribution in [0.1, 0.15) is 12.1 Å². The number of aromatic nitrogens is 2. The lowest BCUT2D eigenvalue weighted by molar-refractivity contribution is -0.678. The van der Waals surface area contributed by atoms with E-state index in [1.807, 2.05) is 30.3 Å². The predicted molar refractivity (Wildman–Crippen MR) is 133 cm³/mol. The molecule has 0 aliphatic carbocycles. The molecule has 1 saturated heterocycles. The Morgan fingerprint density at radius 1 is 1.03 bits per heavy atom. The molecule has 0 bridgehead atoms. The Morgan fingerprint density at radius 3 is 2.34 bits per heavy atom. The molecule has 0 radical (unpaired) electrons. The molecule has 1 atom stereocenters. The summed E-state index contributed by atoms with van der Waals surface area (Å²) in [5.41, 5.74) is 2.57. The lowest BCUT2D eigenvalue weighted by Crippen LogP contribution is -2.44. The van der Waals surface area contributed by atoms with Crippen molar-refractivity contribution in [3.63, 3.8) is 0 Å². The van der Waals surface area contributed by atoms with Gasteiger partial charge in [0.2, 0.25) is 11.6 Å². The SMILES string of the molecule is COc1ccc(-[n+]2noc([O-])c2CN(C)C2CC(=O)N(c3ccc(N=Nc4ccccc4)cc3)C2=O)cc1. The standard InChI is InChI=1S/C27H24N6O5/c1-31(17-24-27(36)38-30-33(24)21-12-14-22(37-2)15-13-21)23-16-25(34)32(26(23)35)20-10-8-19(9-11-20)29-28-18-6-4-3-5-7-18/h3-15,23H,16-17H2,1-2H3. The number of rotatable bonds is 8. The van der Waals surface area contributed by atoms with Crippen molar-refractivity contribution in [2.24, 2.45) is 10.2 Å². The topological polar surface area (TPSA) is 128 Å². The molecule has 2 amide bonds. The van der Waals surface area contributed by atoms with E-state index in [1.54, 1.807) is 67.6 Å². The number of carbonyl (C=O) groups is 2. The summed E-state index contributed by atoms with van der Waals surface area (Å²) in [6.07, 6.45) is -0.0210. The number of azo groups is 1. The highest BCUT2D eigenvalue weighted by atomic mass is 16.6. The van der Waals surface area contributed by atoms with Crippen LogP contribution >= 0.6 is 0 Å². The van der Waals surface area contributed by atoms with Crippen LogP contribution in [0.3, 0.4) is 0 Å². The van der Waals surface area contributed by atoms with Crippen LogP contribution in [0.4, 0.5) is 17.1 Å². The van der Waals surface area contributed by atoms with Crippen LogP contribution in [-0.4, -0.2) is 42.2 Å². The van der Waals surface area contributed by atoms with E-state index in [0.29, 0.717) is 22.8 Å². The molecule has 4 aromatic rings. The first-order valence-corrected chi connectivity index (χ1v) is 11.8. The van der Waals surface area contributed by atoms with Crippen LogP contribution in [0, 0.1) is 0 Å². The van der Waals surface area contributed by atoms with Crippen molar-refractivity contribution < 1.29 is 28.6 Å². The fourth-order valence-corrected chi connectivity index (χ4v) is 4.18. The number of imide groups is 1. The molecular formula is C27H24N6O5. The van der Waals surface area contributed by atoms with Crippen molar-refractivity contribution in [3.05, 3.63) is 84.6 Å². The van der Waals surface area contributed by atoms with Crippen LogP contribution in [0.5, 0.6) is 11.7 Å². The molecule has 0 N–H and O–H groups in total. The van der Waals surface area contributed by atoms with E-state index in [1.165, 1.54) is 4.68 Å². The normalized spacial score (nSPS) is 15.7. The highest BCUT2D eigenvalue weighted by Gasteiger charge is 2.42. The fourth-order valence-electron chi connectivity index (χ4n) is 4.18. The smallest absolute Gasteiger partial charge is 0.254 e. The first kappa shape index (κ1) is 24.8. The molecule has 3 aromatic carbocycles. The molecular weight excluding hydrogens is 488 g/mol. The van der Waals surface area contributed by atoms with E-state index in [-0.39, 0.29) is 30.5 Å². The molecule has 0 saturated carbocycles. The van der Waals surface area contributed by atoms with Crippen molar-refractivity contribution in [1.29, 1.82) is 0 Å². The maximum atomic E-state index is 13.3. The minimum absolute atomic E-state index is 0.0210. The summed E-state index contributed by atoms with van der Waals surface area (Å²) in [7, 11) is 3.24. The van der Waals surface area contributed by atoms with E-state index in [2.05, 4.69) is 15.5 Å². The second-order valence-corrected chi connectivity index (χ2v) is 8.67. The molecule has 1 unspecified atom stereocenters. The Morgan fingerprint density at radius 2 is 1.68 bits per heavy atom. The minimum Gasteiger partial charge on any atom is -0.539 e. The van der Waals surface area contributed by atoms with Gasteiger partial charge in [-0.1, -0.05) is 18.2 Å². The summed E-state index contributed by atoms with van der Waals surface area (Å²) >= 11 is 0. The van der Waals surface area contributed by atoms with Gasteiger partial charge in [-0.15, -0.1) is 0 Å². The van der Waals surface area contributed by atoms with Crippen molar-refractivity contribution >= 4 is 28.9 Å². The number of hydrogen-bond donors (Lipinski definition) is 0. The second-order valence-electron chi connectivity index (χ2n) is 8.67. The van der Waals surface area contributed by atoms with E-state index >= 15 is 0 Å². The molecule has 0 spiro atoms. The number of ether oxygens (including phenoxy) is 1. The molecule has 1 fully saturated rings. The molecule has 5 rings (SSSR count). The lowest BCUT2D eigenvalue weighted by Gasteiger charge is -2.21. The third kappa shape index (κ3) is 5.00. The monoisotopic (exact) mass is 512 g/mol. The summed E-state index contributed by atoms with van der Waals surface area (Å²) < 4.78 is 11.4. The van der Waals surface area contributed by atoms with Crippen LogP contribution in [0.15, 0.2) is 93.6 Å². The van der Waals surface area contributed by atoms with Gasteiger partial charge in [0.15, 0.2) is 5.95 Å². The number of hydrogen-bond acceptors (Lipinski definition) is 9. The highest BCUT2D eigenvalue weighted by Crippen LogP contribution is 2.28. The minimum atomic E-state index is -0.751. The number of benzene rings is 3.